The number of hydrogen-bond acceptors (Lipinski definition) is 4. The molecule has 2 bridgehead atoms. The topological polar surface area (TPSA) is 81.1 Å². The molecule has 2 aromatic rings. The van der Waals surface area contributed by atoms with Crippen LogP contribution in [0.2, 0.25) is 0 Å². The second-order valence-corrected chi connectivity index (χ2v) is 5.39. The van der Waals surface area contributed by atoms with Crippen LogP contribution in [0.15, 0.2) is 35.4 Å². The Morgan fingerprint density at radius 1 is 1.20 bits per heavy atom. The highest BCUT2D eigenvalue weighted by molar-refractivity contribution is 6.06. The maximum absolute atomic E-state index is 12.5. The summed E-state index contributed by atoms with van der Waals surface area (Å²) in [6.07, 6.45) is 2.19. The van der Waals surface area contributed by atoms with Gasteiger partial charge in [-0.2, -0.15) is 0 Å². The number of aromatic nitrogens is 2. The van der Waals surface area contributed by atoms with E-state index in [0.717, 1.165) is 0 Å². The zero-order valence-corrected chi connectivity index (χ0v) is 10.5. The largest absolute Gasteiger partial charge is 0.294 e. The average molecular weight is 269 g/mol. The van der Waals surface area contributed by atoms with E-state index in [-0.39, 0.29) is 17.4 Å². The number of nitrogens with zero attached hydrogens (tertiary/aromatic N) is 2. The summed E-state index contributed by atoms with van der Waals surface area (Å²) in [4.78, 5) is 40.4. The van der Waals surface area contributed by atoms with Crippen LogP contribution in [-0.4, -0.2) is 21.4 Å². The van der Waals surface area contributed by atoms with Gasteiger partial charge in [0.1, 0.15) is 5.54 Å². The highest BCUT2D eigenvalue weighted by Crippen LogP contribution is 2.46. The summed E-state index contributed by atoms with van der Waals surface area (Å²) in [5.41, 5.74) is -0.570. The lowest BCUT2D eigenvalue weighted by Gasteiger charge is -2.49. The lowest BCUT2D eigenvalue weighted by molar-refractivity contribution is -0.157. The van der Waals surface area contributed by atoms with Crippen LogP contribution in [0.4, 0.5) is 0 Å². The summed E-state index contributed by atoms with van der Waals surface area (Å²) in [7, 11) is 0. The second-order valence-electron chi connectivity index (χ2n) is 5.39. The molecular formula is C14H11N3O3. The van der Waals surface area contributed by atoms with Crippen LogP contribution < -0.4 is 10.9 Å². The predicted molar refractivity (Wildman–Crippen MR) is 69.9 cm³/mol. The molecule has 3 heterocycles. The van der Waals surface area contributed by atoms with Gasteiger partial charge in [0.15, 0.2) is 0 Å². The number of carbonyl (C=O) groups excluding carboxylic acids is 2. The van der Waals surface area contributed by atoms with Crippen molar-refractivity contribution >= 4 is 22.7 Å². The fourth-order valence-corrected chi connectivity index (χ4v) is 3.14. The Hall–Kier alpha value is -2.50. The Kier molecular flexibility index (Phi) is 2.00. The van der Waals surface area contributed by atoms with E-state index in [1.54, 1.807) is 18.2 Å². The molecule has 1 saturated carbocycles. The molecule has 0 spiro atoms. The lowest BCUT2D eigenvalue weighted by Crippen LogP contribution is -2.68. The summed E-state index contributed by atoms with van der Waals surface area (Å²) < 4.78 is 1.38. The third-order valence-corrected chi connectivity index (χ3v) is 4.33. The maximum Gasteiger partial charge on any atom is 0.262 e. The third kappa shape index (κ3) is 1.23. The SMILES string of the molecule is O=C1NC(=O)C2(n3cnc4ccccc4c3=O)CC1C2. The molecule has 5 rings (SSSR count). The first kappa shape index (κ1) is 11.3. The van der Waals surface area contributed by atoms with Crippen molar-refractivity contribution in [3.8, 4) is 0 Å². The van der Waals surface area contributed by atoms with E-state index in [4.69, 9.17) is 0 Å². The molecule has 1 aliphatic carbocycles. The number of carbonyl (C=O) groups is 2. The van der Waals surface area contributed by atoms with E-state index in [1.807, 2.05) is 6.07 Å². The van der Waals surface area contributed by atoms with E-state index in [1.165, 1.54) is 10.9 Å². The van der Waals surface area contributed by atoms with E-state index >= 15 is 0 Å². The summed E-state index contributed by atoms with van der Waals surface area (Å²) in [6.45, 7) is 0. The molecule has 0 unspecified atom stereocenters. The molecule has 6 nitrogen and oxygen atoms in total. The molecule has 1 aromatic carbocycles. The van der Waals surface area contributed by atoms with Gasteiger partial charge >= 0.3 is 0 Å². The Balaban J connectivity index is 1.92. The number of piperidine rings is 2. The molecule has 2 saturated heterocycles. The van der Waals surface area contributed by atoms with Crippen LogP contribution >= 0.6 is 0 Å². The van der Waals surface area contributed by atoms with Gasteiger partial charge in [-0.3, -0.25) is 24.3 Å². The van der Waals surface area contributed by atoms with Gasteiger partial charge in [-0.1, -0.05) is 12.1 Å². The minimum absolute atomic E-state index is 0.175. The van der Waals surface area contributed by atoms with Crippen molar-refractivity contribution in [3.63, 3.8) is 0 Å². The van der Waals surface area contributed by atoms with Crippen molar-refractivity contribution in [3.05, 3.63) is 40.9 Å². The van der Waals surface area contributed by atoms with Gasteiger partial charge in [0.25, 0.3) is 11.5 Å². The Morgan fingerprint density at radius 3 is 2.70 bits per heavy atom. The zero-order valence-electron chi connectivity index (χ0n) is 10.5. The number of hydrogen-bond donors (Lipinski definition) is 1. The first-order valence-corrected chi connectivity index (χ1v) is 6.44. The number of imide groups is 1. The molecule has 3 fully saturated rings. The molecule has 2 aliphatic heterocycles. The summed E-state index contributed by atoms with van der Waals surface area (Å²) in [6, 6.07) is 7.02. The van der Waals surface area contributed by atoms with Gasteiger partial charge in [0.05, 0.1) is 17.2 Å². The van der Waals surface area contributed by atoms with E-state index < -0.39 is 11.4 Å². The number of para-hydroxylation sites is 1. The predicted octanol–water partition coefficient (Wildman–Crippen LogP) is 0.158. The molecule has 0 radical (unpaired) electrons. The van der Waals surface area contributed by atoms with Crippen molar-refractivity contribution in [2.75, 3.05) is 0 Å². The number of rotatable bonds is 1. The number of nitrogens with one attached hydrogen (secondary N) is 1. The zero-order chi connectivity index (χ0) is 13.9. The van der Waals surface area contributed by atoms with E-state index in [2.05, 4.69) is 10.3 Å². The fourth-order valence-electron chi connectivity index (χ4n) is 3.14. The van der Waals surface area contributed by atoms with E-state index in [9.17, 15) is 14.4 Å². The van der Waals surface area contributed by atoms with Gasteiger partial charge in [-0.25, -0.2) is 4.98 Å². The van der Waals surface area contributed by atoms with Gasteiger partial charge in [0, 0.05) is 5.92 Å². The molecular weight excluding hydrogens is 258 g/mol. The van der Waals surface area contributed by atoms with Crippen LogP contribution in [-0.2, 0) is 15.1 Å². The number of fused-ring (bicyclic) bond motifs is 3. The van der Waals surface area contributed by atoms with Crippen LogP contribution in [0.25, 0.3) is 10.9 Å². The van der Waals surface area contributed by atoms with Gasteiger partial charge in [0.2, 0.25) is 5.91 Å². The lowest BCUT2D eigenvalue weighted by atomic mass is 9.64. The highest BCUT2D eigenvalue weighted by atomic mass is 16.2. The first-order valence-electron chi connectivity index (χ1n) is 6.44. The fraction of sp³-hybridized carbons (Fsp3) is 0.286. The molecule has 20 heavy (non-hydrogen) atoms. The summed E-state index contributed by atoms with van der Waals surface area (Å²) in [5, 5.41) is 2.81. The molecule has 3 aliphatic rings. The Bertz CT molecular complexity index is 818. The van der Waals surface area contributed by atoms with E-state index in [0.29, 0.717) is 23.7 Å². The average Bonchev–Trinajstić information content (AvgIpc) is 2.39. The smallest absolute Gasteiger partial charge is 0.262 e. The van der Waals surface area contributed by atoms with Crippen molar-refractivity contribution in [2.24, 2.45) is 5.92 Å². The standard InChI is InChI=1S/C14H11N3O3/c18-11-8-5-14(6-8,13(20)16-11)17-7-15-10-4-2-1-3-9(10)12(17)19/h1-4,7-8H,5-6H2,(H,16,18,20). The summed E-state index contributed by atoms with van der Waals surface area (Å²) in [5.74, 6) is -0.811. The quantitative estimate of drug-likeness (QED) is 0.748. The van der Waals surface area contributed by atoms with Crippen LogP contribution in [0.5, 0.6) is 0 Å². The molecule has 2 amide bonds. The molecule has 100 valence electrons. The molecule has 1 aromatic heterocycles. The van der Waals surface area contributed by atoms with Crippen molar-refractivity contribution < 1.29 is 9.59 Å². The monoisotopic (exact) mass is 269 g/mol. The van der Waals surface area contributed by atoms with Gasteiger partial charge in [-0.05, 0) is 25.0 Å². The van der Waals surface area contributed by atoms with Crippen LogP contribution in [0.3, 0.4) is 0 Å². The Morgan fingerprint density at radius 2 is 1.95 bits per heavy atom. The molecule has 6 heteroatoms. The normalized spacial score (nSPS) is 28.1. The van der Waals surface area contributed by atoms with Gasteiger partial charge < -0.3 is 0 Å². The molecule has 1 N–H and O–H groups in total. The summed E-state index contributed by atoms with van der Waals surface area (Å²) >= 11 is 0. The van der Waals surface area contributed by atoms with Crippen molar-refractivity contribution in [2.45, 2.75) is 18.4 Å². The maximum atomic E-state index is 12.5. The van der Waals surface area contributed by atoms with Crippen LogP contribution in [0.1, 0.15) is 12.8 Å². The second kappa shape index (κ2) is 3.53. The Labute approximate surface area is 113 Å². The van der Waals surface area contributed by atoms with Crippen molar-refractivity contribution in [1.29, 1.82) is 0 Å². The first-order chi connectivity index (χ1) is 9.62. The number of amides is 2. The van der Waals surface area contributed by atoms with Crippen LogP contribution in [0, 0.1) is 5.92 Å². The minimum Gasteiger partial charge on any atom is -0.294 e. The highest BCUT2D eigenvalue weighted by Gasteiger charge is 2.59. The number of benzene rings is 1. The third-order valence-electron chi connectivity index (χ3n) is 4.33. The van der Waals surface area contributed by atoms with Crippen molar-refractivity contribution in [1.82, 2.24) is 14.9 Å². The molecule has 0 atom stereocenters. The van der Waals surface area contributed by atoms with Gasteiger partial charge in [-0.15, -0.1) is 0 Å². The minimum atomic E-state index is -0.938.